The molecule has 2 aromatic rings. The third-order valence-electron chi connectivity index (χ3n) is 1.68. The second-order valence-electron chi connectivity index (χ2n) is 2.47. The summed E-state index contributed by atoms with van der Waals surface area (Å²) >= 11 is 4.22. The number of hydrogen-bond donors (Lipinski definition) is 2. The summed E-state index contributed by atoms with van der Waals surface area (Å²) in [4.78, 5) is 7.04. The van der Waals surface area contributed by atoms with Gasteiger partial charge in [0.25, 0.3) is 0 Å². The van der Waals surface area contributed by atoms with Gasteiger partial charge in [-0.2, -0.15) is 0 Å². The summed E-state index contributed by atoms with van der Waals surface area (Å²) in [6.45, 7) is 0. The van der Waals surface area contributed by atoms with Gasteiger partial charge in [0.05, 0.1) is 12.0 Å². The molecule has 0 bridgehead atoms. The maximum absolute atomic E-state index is 4.22. The fourth-order valence-electron chi connectivity index (χ4n) is 1.10. The molecule has 2 nitrogen and oxygen atoms in total. The SMILES string of the molecule is Sc1nc[nH]c1-c1ccccc1. The first-order chi connectivity index (χ1) is 5.88. The van der Waals surface area contributed by atoms with Crippen LogP contribution in [-0.2, 0) is 0 Å². The topological polar surface area (TPSA) is 28.7 Å². The van der Waals surface area contributed by atoms with Gasteiger partial charge in [-0.25, -0.2) is 4.98 Å². The van der Waals surface area contributed by atoms with Crippen LogP contribution in [0.25, 0.3) is 11.3 Å². The summed E-state index contributed by atoms with van der Waals surface area (Å²) in [5, 5.41) is 0.737. The molecule has 1 aromatic heterocycles. The summed E-state index contributed by atoms with van der Waals surface area (Å²) in [6, 6.07) is 10.0. The van der Waals surface area contributed by atoms with Crippen molar-refractivity contribution in [1.29, 1.82) is 0 Å². The van der Waals surface area contributed by atoms with Crippen LogP contribution in [0.1, 0.15) is 0 Å². The Balaban J connectivity index is 2.51. The number of nitrogens with one attached hydrogen (secondary N) is 1. The van der Waals surface area contributed by atoms with Gasteiger partial charge in [-0.15, -0.1) is 12.6 Å². The lowest BCUT2D eigenvalue weighted by molar-refractivity contribution is 1.21. The maximum atomic E-state index is 4.22. The zero-order valence-corrected chi connectivity index (χ0v) is 7.25. The van der Waals surface area contributed by atoms with Crippen molar-refractivity contribution in [3.8, 4) is 11.3 Å². The smallest absolute Gasteiger partial charge is 0.119 e. The molecule has 12 heavy (non-hydrogen) atoms. The number of benzene rings is 1. The van der Waals surface area contributed by atoms with Crippen LogP contribution in [0.3, 0.4) is 0 Å². The maximum Gasteiger partial charge on any atom is 0.119 e. The molecule has 0 saturated heterocycles. The molecule has 60 valence electrons. The van der Waals surface area contributed by atoms with E-state index in [1.54, 1.807) is 6.33 Å². The van der Waals surface area contributed by atoms with E-state index in [1.807, 2.05) is 30.3 Å². The van der Waals surface area contributed by atoms with Gasteiger partial charge in [-0.3, -0.25) is 0 Å². The summed E-state index contributed by atoms with van der Waals surface area (Å²) in [5.74, 6) is 0. The Morgan fingerprint density at radius 2 is 1.92 bits per heavy atom. The van der Waals surface area contributed by atoms with Gasteiger partial charge in [-0.1, -0.05) is 30.3 Å². The zero-order chi connectivity index (χ0) is 8.39. The van der Waals surface area contributed by atoms with E-state index in [4.69, 9.17) is 0 Å². The highest BCUT2D eigenvalue weighted by atomic mass is 32.1. The molecule has 0 aliphatic heterocycles. The molecule has 0 spiro atoms. The molecule has 1 aromatic carbocycles. The highest BCUT2D eigenvalue weighted by Gasteiger charge is 2.02. The lowest BCUT2D eigenvalue weighted by Crippen LogP contribution is -1.76. The number of aromatic amines is 1. The van der Waals surface area contributed by atoms with E-state index < -0.39 is 0 Å². The minimum atomic E-state index is 0.737. The zero-order valence-electron chi connectivity index (χ0n) is 6.36. The molecule has 0 aliphatic carbocycles. The van der Waals surface area contributed by atoms with Gasteiger partial charge < -0.3 is 4.98 Å². The minimum absolute atomic E-state index is 0.737. The van der Waals surface area contributed by atoms with Crippen molar-refractivity contribution in [2.75, 3.05) is 0 Å². The van der Waals surface area contributed by atoms with Crippen LogP contribution >= 0.6 is 12.6 Å². The van der Waals surface area contributed by atoms with Crippen molar-refractivity contribution in [1.82, 2.24) is 9.97 Å². The van der Waals surface area contributed by atoms with Gasteiger partial charge in [0.1, 0.15) is 5.03 Å². The molecular weight excluding hydrogens is 168 g/mol. The molecule has 0 amide bonds. The van der Waals surface area contributed by atoms with Crippen LogP contribution in [0, 0.1) is 0 Å². The van der Waals surface area contributed by atoms with Crippen molar-refractivity contribution in [2.45, 2.75) is 5.03 Å². The van der Waals surface area contributed by atoms with Crippen molar-refractivity contribution in [3.05, 3.63) is 36.7 Å². The summed E-state index contributed by atoms with van der Waals surface area (Å²) in [6.07, 6.45) is 1.64. The number of nitrogens with zero attached hydrogens (tertiary/aromatic N) is 1. The number of H-pyrrole nitrogens is 1. The number of imidazole rings is 1. The van der Waals surface area contributed by atoms with Crippen molar-refractivity contribution >= 4 is 12.6 Å². The predicted octanol–water partition coefficient (Wildman–Crippen LogP) is 2.37. The molecule has 3 heteroatoms. The Bertz CT molecular complexity index is 367. The summed E-state index contributed by atoms with van der Waals surface area (Å²) < 4.78 is 0. The molecule has 0 aliphatic rings. The van der Waals surface area contributed by atoms with Gasteiger partial charge in [-0.05, 0) is 0 Å². The van der Waals surface area contributed by atoms with Gasteiger partial charge in [0.2, 0.25) is 0 Å². The van der Waals surface area contributed by atoms with E-state index in [1.165, 1.54) is 0 Å². The Hall–Kier alpha value is -1.22. The van der Waals surface area contributed by atoms with Gasteiger partial charge >= 0.3 is 0 Å². The van der Waals surface area contributed by atoms with Crippen LogP contribution < -0.4 is 0 Å². The lowest BCUT2D eigenvalue weighted by atomic mass is 10.2. The average Bonchev–Trinajstić information content (AvgIpc) is 2.53. The minimum Gasteiger partial charge on any atom is -0.344 e. The fraction of sp³-hybridized carbons (Fsp3) is 0. The highest BCUT2D eigenvalue weighted by Crippen LogP contribution is 2.21. The Kier molecular flexibility index (Phi) is 1.87. The number of thiol groups is 1. The second-order valence-corrected chi connectivity index (χ2v) is 2.89. The summed E-state index contributed by atoms with van der Waals surface area (Å²) in [7, 11) is 0. The normalized spacial score (nSPS) is 10.1. The van der Waals surface area contributed by atoms with Crippen LogP contribution in [-0.4, -0.2) is 9.97 Å². The van der Waals surface area contributed by atoms with Gasteiger partial charge in [0.15, 0.2) is 0 Å². The lowest BCUT2D eigenvalue weighted by Gasteiger charge is -1.96. The van der Waals surface area contributed by atoms with E-state index in [0.717, 1.165) is 16.3 Å². The molecule has 0 fully saturated rings. The number of rotatable bonds is 1. The molecule has 0 unspecified atom stereocenters. The Labute approximate surface area is 76.1 Å². The fourth-order valence-corrected chi connectivity index (χ4v) is 1.36. The van der Waals surface area contributed by atoms with E-state index in [2.05, 4.69) is 22.6 Å². The quantitative estimate of drug-likeness (QED) is 0.642. The molecule has 0 radical (unpaired) electrons. The van der Waals surface area contributed by atoms with Crippen LogP contribution in [0.5, 0.6) is 0 Å². The van der Waals surface area contributed by atoms with Crippen LogP contribution in [0.4, 0.5) is 0 Å². The summed E-state index contributed by atoms with van der Waals surface area (Å²) in [5.41, 5.74) is 2.08. The monoisotopic (exact) mass is 176 g/mol. The third kappa shape index (κ3) is 1.23. The molecule has 0 atom stereocenters. The molecule has 1 N–H and O–H groups in total. The molecule has 2 rings (SSSR count). The van der Waals surface area contributed by atoms with Crippen molar-refractivity contribution < 1.29 is 0 Å². The second kappa shape index (κ2) is 3.03. The highest BCUT2D eigenvalue weighted by molar-refractivity contribution is 7.80. The van der Waals surface area contributed by atoms with Crippen LogP contribution in [0.2, 0.25) is 0 Å². The standard InChI is InChI=1S/C9H8N2S/c12-9-8(10-6-11-9)7-4-2-1-3-5-7/h1-6,12H,(H,10,11). The first kappa shape index (κ1) is 7.43. The molecule has 0 saturated carbocycles. The first-order valence-electron chi connectivity index (χ1n) is 3.65. The van der Waals surface area contributed by atoms with E-state index >= 15 is 0 Å². The molecule has 1 heterocycles. The van der Waals surface area contributed by atoms with E-state index in [9.17, 15) is 0 Å². The number of hydrogen-bond acceptors (Lipinski definition) is 2. The van der Waals surface area contributed by atoms with E-state index in [-0.39, 0.29) is 0 Å². The van der Waals surface area contributed by atoms with Crippen LogP contribution in [0.15, 0.2) is 41.7 Å². The van der Waals surface area contributed by atoms with E-state index in [0.29, 0.717) is 0 Å². The van der Waals surface area contributed by atoms with Gasteiger partial charge in [0, 0.05) is 5.56 Å². The molecular formula is C9H8N2S. The van der Waals surface area contributed by atoms with Crippen molar-refractivity contribution in [2.24, 2.45) is 0 Å². The predicted molar refractivity (Wildman–Crippen MR) is 51.3 cm³/mol. The van der Waals surface area contributed by atoms with Crippen molar-refractivity contribution in [3.63, 3.8) is 0 Å². The largest absolute Gasteiger partial charge is 0.344 e. The number of aromatic nitrogens is 2. The Morgan fingerprint density at radius 3 is 2.50 bits per heavy atom. The first-order valence-corrected chi connectivity index (χ1v) is 4.10. The third-order valence-corrected chi connectivity index (χ3v) is 2.02. The Morgan fingerprint density at radius 1 is 1.17 bits per heavy atom. The average molecular weight is 176 g/mol.